The maximum Gasteiger partial charge on any atom is 0.323 e. The summed E-state index contributed by atoms with van der Waals surface area (Å²) in [4.78, 5) is 31.0. The maximum atomic E-state index is 13.5. The highest BCUT2D eigenvalue weighted by molar-refractivity contribution is 6.08. The molecule has 0 spiro atoms. The summed E-state index contributed by atoms with van der Waals surface area (Å²) in [6, 6.07) is 25.7. The molecule has 3 amide bonds. The number of anilines is 2. The molecule has 12 heteroatoms. The lowest BCUT2D eigenvalue weighted by Gasteiger charge is -2.23. The van der Waals surface area contributed by atoms with Crippen molar-refractivity contribution in [2.75, 3.05) is 64.4 Å². The number of hydrogen-bond acceptors (Lipinski definition) is 9. The number of fused-ring (bicyclic) bond motifs is 1. The van der Waals surface area contributed by atoms with E-state index < -0.39 is 6.03 Å². The molecule has 300 valence electrons. The van der Waals surface area contributed by atoms with E-state index in [1.165, 1.54) is 7.11 Å². The summed E-state index contributed by atoms with van der Waals surface area (Å²) in [5, 5.41) is 19.8. The lowest BCUT2D eigenvalue weighted by Crippen LogP contribution is -2.28. The van der Waals surface area contributed by atoms with Crippen molar-refractivity contribution in [3.05, 3.63) is 119 Å². The highest BCUT2D eigenvalue weighted by Crippen LogP contribution is 2.37. The van der Waals surface area contributed by atoms with Gasteiger partial charge in [0.2, 0.25) is 0 Å². The molecule has 0 aliphatic carbocycles. The third-order valence-electron chi connectivity index (χ3n) is 9.04. The Labute approximate surface area is 339 Å². The number of urea groups is 1. The number of carbonyl (C=O) groups excluding carboxylic acids is 2. The standard InChI is InChI=1S/C46H49N5O7/c1-7-31-24-32(26-34(25-31)44(52)49-18-19-56-22-23-57-21-20-54-5)27-36-30-37(15-17-48-36)58-42-13-12-40(38-10-8-9-11-39(38)42)50-45(53)51-41-29-35(46(2,3)4)28-33(14-16-47)43(41)55-6/h1,8-13,15,17,24-26,28-30H,14,18-23,27H2,2-6H3,(H,49,52)(H2,50,51,53). The van der Waals surface area contributed by atoms with Crippen molar-refractivity contribution >= 4 is 34.1 Å². The topological polar surface area (TPSA) is 153 Å². The Morgan fingerprint density at radius 2 is 1.59 bits per heavy atom. The van der Waals surface area contributed by atoms with E-state index in [9.17, 15) is 14.9 Å². The minimum absolute atomic E-state index is 0.137. The number of nitriles is 1. The van der Waals surface area contributed by atoms with E-state index in [1.54, 1.807) is 43.6 Å². The first-order valence-corrected chi connectivity index (χ1v) is 18.9. The zero-order valence-corrected chi connectivity index (χ0v) is 33.6. The zero-order chi connectivity index (χ0) is 41.5. The molecule has 12 nitrogen and oxygen atoms in total. The predicted octanol–water partition coefficient (Wildman–Crippen LogP) is 8.02. The van der Waals surface area contributed by atoms with Gasteiger partial charge in [-0.25, -0.2) is 4.79 Å². The molecular weight excluding hydrogens is 735 g/mol. The van der Waals surface area contributed by atoms with Crippen molar-refractivity contribution in [2.24, 2.45) is 0 Å². The van der Waals surface area contributed by atoms with E-state index in [2.05, 4.69) is 53.7 Å². The summed E-state index contributed by atoms with van der Waals surface area (Å²) < 4.78 is 27.9. The molecule has 0 aliphatic heterocycles. The number of pyridine rings is 1. The molecule has 1 heterocycles. The molecular formula is C46H49N5O7. The van der Waals surface area contributed by atoms with E-state index in [1.807, 2.05) is 48.5 Å². The van der Waals surface area contributed by atoms with Gasteiger partial charge in [-0.2, -0.15) is 5.26 Å². The van der Waals surface area contributed by atoms with Gasteiger partial charge in [0, 0.05) is 65.5 Å². The fourth-order valence-corrected chi connectivity index (χ4v) is 6.18. The van der Waals surface area contributed by atoms with E-state index >= 15 is 0 Å². The van der Waals surface area contributed by atoms with Crippen molar-refractivity contribution < 1.29 is 33.3 Å². The van der Waals surface area contributed by atoms with Gasteiger partial charge in [0.25, 0.3) is 5.91 Å². The van der Waals surface area contributed by atoms with Crippen molar-refractivity contribution in [3.63, 3.8) is 0 Å². The summed E-state index contributed by atoms with van der Waals surface area (Å²) in [5.41, 5.74) is 5.02. The zero-order valence-electron chi connectivity index (χ0n) is 33.6. The van der Waals surface area contributed by atoms with Crippen molar-refractivity contribution in [2.45, 2.75) is 39.0 Å². The van der Waals surface area contributed by atoms with Crippen molar-refractivity contribution in [1.29, 1.82) is 5.26 Å². The van der Waals surface area contributed by atoms with Crippen LogP contribution in [0.2, 0.25) is 0 Å². The highest BCUT2D eigenvalue weighted by atomic mass is 16.5. The number of nitrogens with one attached hydrogen (secondary N) is 3. The summed E-state index contributed by atoms with van der Waals surface area (Å²) >= 11 is 0. The lowest BCUT2D eigenvalue weighted by molar-refractivity contribution is 0.0255. The van der Waals surface area contributed by atoms with Crippen LogP contribution in [0.4, 0.5) is 16.2 Å². The second-order valence-electron chi connectivity index (χ2n) is 14.3. The summed E-state index contributed by atoms with van der Waals surface area (Å²) in [7, 11) is 3.14. The minimum atomic E-state index is -0.469. The molecule has 0 unspecified atom stereocenters. The molecule has 0 saturated heterocycles. The number of carbonyl (C=O) groups is 2. The second-order valence-corrected chi connectivity index (χ2v) is 14.3. The summed E-state index contributed by atoms with van der Waals surface area (Å²) in [6.45, 7) is 8.77. The number of terminal acetylenes is 1. The van der Waals surface area contributed by atoms with Crippen LogP contribution in [0, 0.1) is 23.7 Å². The van der Waals surface area contributed by atoms with Crippen LogP contribution in [0.1, 0.15) is 59.1 Å². The molecule has 0 fully saturated rings. The van der Waals surface area contributed by atoms with Crippen LogP contribution in [0.15, 0.2) is 85.1 Å². The largest absolute Gasteiger partial charge is 0.494 e. The summed E-state index contributed by atoms with van der Waals surface area (Å²) in [6.07, 6.45) is 7.96. The Kier molecular flexibility index (Phi) is 15.2. The van der Waals surface area contributed by atoms with Crippen LogP contribution < -0.4 is 25.4 Å². The fraction of sp³-hybridized carbons (Fsp3) is 0.304. The number of amides is 3. The van der Waals surface area contributed by atoms with E-state index in [4.69, 9.17) is 30.1 Å². The number of methoxy groups -OCH3 is 2. The van der Waals surface area contributed by atoms with E-state index in [0.717, 1.165) is 21.9 Å². The summed E-state index contributed by atoms with van der Waals surface area (Å²) in [5.74, 6) is 3.96. The fourth-order valence-electron chi connectivity index (χ4n) is 6.18. The number of benzene rings is 4. The molecule has 5 aromatic rings. The smallest absolute Gasteiger partial charge is 0.323 e. The van der Waals surface area contributed by atoms with Gasteiger partial charge in [0.1, 0.15) is 17.2 Å². The normalized spacial score (nSPS) is 11.0. The number of rotatable bonds is 18. The van der Waals surface area contributed by atoms with Gasteiger partial charge in [-0.05, 0) is 59.0 Å². The first-order valence-electron chi connectivity index (χ1n) is 18.9. The Morgan fingerprint density at radius 1 is 0.845 bits per heavy atom. The molecule has 1 aromatic heterocycles. The molecule has 3 N–H and O–H groups in total. The highest BCUT2D eigenvalue weighted by Gasteiger charge is 2.21. The van der Waals surface area contributed by atoms with Crippen LogP contribution in [0.3, 0.4) is 0 Å². The number of nitrogens with zero attached hydrogens (tertiary/aromatic N) is 2. The van der Waals surface area contributed by atoms with Gasteiger partial charge >= 0.3 is 6.03 Å². The van der Waals surface area contributed by atoms with Crippen LogP contribution in [-0.4, -0.2) is 70.7 Å². The van der Waals surface area contributed by atoms with E-state index in [-0.39, 0.29) is 17.7 Å². The third-order valence-corrected chi connectivity index (χ3v) is 9.04. The maximum absolute atomic E-state index is 13.5. The monoisotopic (exact) mass is 783 g/mol. The van der Waals surface area contributed by atoms with Crippen molar-refractivity contribution in [3.8, 4) is 35.7 Å². The second kappa shape index (κ2) is 20.6. The third kappa shape index (κ3) is 11.8. The predicted molar refractivity (Wildman–Crippen MR) is 225 cm³/mol. The quantitative estimate of drug-likeness (QED) is 0.0593. The molecule has 0 saturated carbocycles. The van der Waals surface area contributed by atoms with Gasteiger partial charge in [0.05, 0.1) is 64.0 Å². The molecule has 0 atom stereocenters. The Morgan fingerprint density at radius 3 is 2.31 bits per heavy atom. The molecule has 0 aliphatic rings. The minimum Gasteiger partial charge on any atom is -0.494 e. The average molecular weight is 784 g/mol. The molecule has 58 heavy (non-hydrogen) atoms. The number of hydrogen-bond donors (Lipinski definition) is 3. The van der Waals surface area contributed by atoms with Crippen molar-refractivity contribution in [1.82, 2.24) is 10.3 Å². The van der Waals surface area contributed by atoms with Gasteiger partial charge in [-0.3, -0.25) is 9.78 Å². The average Bonchev–Trinajstić information content (AvgIpc) is 3.20. The molecule has 0 bridgehead atoms. The lowest BCUT2D eigenvalue weighted by atomic mass is 9.85. The van der Waals surface area contributed by atoms with Gasteiger partial charge < -0.3 is 39.6 Å². The molecule has 5 rings (SSSR count). The molecule has 0 radical (unpaired) electrons. The number of aromatic nitrogens is 1. The first kappa shape index (κ1) is 42.7. The van der Waals surface area contributed by atoms with Crippen LogP contribution in [0.25, 0.3) is 10.8 Å². The van der Waals surface area contributed by atoms with Gasteiger partial charge in [0.15, 0.2) is 0 Å². The Balaban J connectivity index is 1.27. The van der Waals surface area contributed by atoms with Gasteiger partial charge in [-0.15, -0.1) is 6.42 Å². The van der Waals surface area contributed by atoms with Gasteiger partial charge in [-0.1, -0.05) is 57.0 Å². The van der Waals surface area contributed by atoms with Crippen LogP contribution >= 0.6 is 0 Å². The number of ether oxygens (including phenoxy) is 5. The van der Waals surface area contributed by atoms with E-state index in [0.29, 0.717) is 97.0 Å². The Bertz CT molecular complexity index is 2310. The Hall–Kier alpha value is -6.44. The van der Waals surface area contributed by atoms with Crippen LogP contribution in [0.5, 0.6) is 17.2 Å². The SMILES string of the molecule is C#Cc1cc(Cc2cc(Oc3ccc(NC(=O)Nc4cc(C(C)(C)C)cc(CC#N)c4OC)c4ccccc34)ccn2)cc(C(=O)NCCOCCOCCOC)c1. The first-order chi connectivity index (χ1) is 28.0. The molecule has 4 aromatic carbocycles. The van der Waals surface area contributed by atoms with Crippen LogP contribution in [-0.2, 0) is 32.5 Å².